The molecule has 0 radical (unpaired) electrons. The lowest BCUT2D eigenvalue weighted by Gasteiger charge is -2.35. The van der Waals surface area contributed by atoms with Crippen molar-refractivity contribution < 1.29 is 14.3 Å². The average Bonchev–Trinajstić information content (AvgIpc) is 2.90. The highest BCUT2D eigenvalue weighted by Gasteiger charge is 2.41. The molecule has 3 aliphatic rings. The van der Waals surface area contributed by atoms with E-state index in [1.165, 1.54) is 12.0 Å². The highest BCUT2D eigenvalue weighted by atomic mass is 16.5. The van der Waals surface area contributed by atoms with Crippen LogP contribution in [-0.4, -0.2) is 49.2 Å². The summed E-state index contributed by atoms with van der Waals surface area (Å²) in [5.41, 5.74) is 1.18. The number of carbonyl (C=O) groups excluding carboxylic acids is 1. The van der Waals surface area contributed by atoms with Crippen LogP contribution in [0.4, 0.5) is 0 Å². The summed E-state index contributed by atoms with van der Waals surface area (Å²) in [6, 6.07) is 6.87. The van der Waals surface area contributed by atoms with Crippen molar-refractivity contribution in [3.63, 3.8) is 0 Å². The van der Waals surface area contributed by atoms with Crippen molar-refractivity contribution >= 4 is 5.91 Å². The van der Waals surface area contributed by atoms with E-state index in [1.807, 2.05) is 12.1 Å². The summed E-state index contributed by atoms with van der Waals surface area (Å²) >= 11 is 0. The van der Waals surface area contributed by atoms with Crippen molar-refractivity contribution in [1.29, 1.82) is 0 Å². The van der Waals surface area contributed by atoms with Crippen molar-refractivity contribution in [3.8, 4) is 11.5 Å². The van der Waals surface area contributed by atoms with Gasteiger partial charge in [0.05, 0.1) is 7.11 Å². The van der Waals surface area contributed by atoms with E-state index in [0.29, 0.717) is 25.0 Å². The van der Waals surface area contributed by atoms with Gasteiger partial charge in [-0.2, -0.15) is 0 Å². The van der Waals surface area contributed by atoms with Gasteiger partial charge in [-0.1, -0.05) is 0 Å². The molecule has 0 aliphatic carbocycles. The van der Waals surface area contributed by atoms with Crippen LogP contribution in [0.25, 0.3) is 0 Å². The van der Waals surface area contributed by atoms with Gasteiger partial charge in [-0.05, 0) is 49.4 Å². The second kappa shape index (κ2) is 6.04. The maximum Gasteiger partial charge on any atom is 0.224 e. The van der Waals surface area contributed by atoms with Gasteiger partial charge in [-0.15, -0.1) is 0 Å². The zero-order valence-corrected chi connectivity index (χ0v) is 13.6. The smallest absolute Gasteiger partial charge is 0.224 e. The number of methoxy groups -OCH3 is 1. The van der Waals surface area contributed by atoms with E-state index in [9.17, 15) is 4.79 Å². The Labute approximate surface area is 136 Å². The molecule has 3 heterocycles. The minimum atomic E-state index is 0.259. The van der Waals surface area contributed by atoms with Crippen LogP contribution in [-0.2, 0) is 11.2 Å². The van der Waals surface area contributed by atoms with E-state index >= 15 is 0 Å². The largest absolute Gasteiger partial charge is 0.497 e. The molecule has 124 valence electrons. The minimum Gasteiger partial charge on any atom is -0.497 e. The van der Waals surface area contributed by atoms with Crippen molar-refractivity contribution in [2.45, 2.75) is 50.2 Å². The molecule has 0 saturated carbocycles. The lowest BCUT2D eigenvalue weighted by Crippen LogP contribution is -2.51. The van der Waals surface area contributed by atoms with Gasteiger partial charge in [0.2, 0.25) is 5.91 Å². The first-order valence-electron chi connectivity index (χ1n) is 8.60. The number of nitrogens with one attached hydrogen (secondary N) is 1. The Balaban J connectivity index is 1.44. The van der Waals surface area contributed by atoms with E-state index in [1.54, 1.807) is 7.11 Å². The molecule has 1 aromatic carbocycles. The Morgan fingerprint density at radius 2 is 2.22 bits per heavy atom. The molecule has 23 heavy (non-hydrogen) atoms. The van der Waals surface area contributed by atoms with Crippen LogP contribution >= 0.6 is 0 Å². The topological polar surface area (TPSA) is 50.8 Å². The van der Waals surface area contributed by atoms with Crippen LogP contribution < -0.4 is 14.8 Å². The van der Waals surface area contributed by atoms with E-state index in [4.69, 9.17) is 9.47 Å². The fourth-order valence-corrected chi connectivity index (χ4v) is 4.20. The molecule has 5 heteroatoms. The fourth-order valence-electron chi connectivity index (χ4n) is 4.20. The number of hydrogen-bond acceptors (Lipinski definition) is 4. The molecule has 0 unspecified atom stereocenters. The Kier molecular flexibility index (Phi) is 3.89. The number of amides is 1. The Hall–Kier alpha value is -1.75. The third-order valence-electron chi connectivity index (χ3n) is 5.35. The van der Waals surface area contributed by atoms with Crippen LogP contribution in [0, 0.1) is 0 Å². The van der Waals surface area contributed by atoms with Gasteiger partial charge in [0.25, 0.3) is 0 Å². The van der Waals surface area contributed by atoms with Gasteiger partial charge in [0.1, 0.15) is 18.1 Å². The normalized spacial score (nSPS) is 29.7. The SMILES string of the molecule is COc1ccc2c(c1)C[C@H](N[C@@H]1CC(=O)N3CCCC[C@H]13)CO2. The van der Waals surface area contributed by atoms with Crippen LogP contribution in [0.1, 0.15) is 31.2 Å². The second-order valence-corrected chi connectivity index (χ2v) is 6.81. The summed E-state index contributed by atoms with van der Waals surface area (Å²) in [7, 11) is 1.68. The first-order valence-corrected chi connectivity index (χ1v) is 8.60. The van der Waals surface area contributed by atoms with Gasteiger partial charge in [0, 0.05) is 31.1 Å². The molecule has 4 rings (SSSR count). The molecular weight excluding hydrogens is 292 g/mol. The number of ether oxygens (including phenoxy) is 2. The summed E-state index contributed by atoms with van der Waals surface area (Å²) in [6.45, 7) is 1.60. The van der Waals surface area contributed by atoms with Crippen LogP contribution in [0.5, 0.6) is 11.5 Å². The van der Waals surface area contributed by atoms with E-state index < -0.39 is 0 Å². The van der Waals surface area contributed by atoms with Gasteiger partial charge in [0.15, 0.2) is 0 Å². The predicted molar refractivity (Wildman–Crippen MR) is 86.9 cm³/mol. The summed E-state index contributed by atoms with van der Waals surface area (Å²) in [5.74, 6) is 2.12. The zero-order chi connectivity index (χ0) is 15.8. The van der Waals surface area contributed by atoms with Crippen molar-refractivity contribution in [1.82, 2.24) is 10.2 Å². The van der Waals surface area contributed by atoms with Crippen molar-refractivity contribution in [3.05, 3.63) is 23.8 Å². The number of piperidine rings is 1. The maximum absolute atomic E-state index is 12.2. The van der Waals surface area contributed by atoms with Gasteiger partial charge in [-0.25, -0.2) is 0 Å². The van der Waals surface area contributed by atoms with Gasteiger partial charge >= 0.3 is 0 Å². The predicted octanol–water partition coefficient (Wildman–Crippen LogP) is 1.74. The standard InChI is InChI=1S/C18H24N2O3/c1-22-14-5-6-17-12(9-14)8-13(11-23-17)19-15-10-18(21)20-7-3-2-4-16(15)20/h5-6,9,13,15-16,19H,2-4,7-8,10-11H2,1H3/t13-,15+,16+/m0/s1. The number of fused-ring (bicyclic) bond motifs is 2. The van der Waals surface area contributed by atoms with Gasteiger partial charge in [-0.3, -0.25) is 4.79 Å². The Bertz CT molecular complexity index is 604. The second-order valence-electron chi connectivity index (χ2n) is 6.81. The molecule has 2 fully saturated rings. The number of benzene rings is 1. The van der Waals surface area contributed by atoms with E-state index in [0.717, 1.165) is 37.3 Å². The molecule has 1 amide bonds. The molecule has 1 aromatic rings. The lowest BCUT2D eigenvalue weighted by atomic mass is 9.96. The minimum absolute atomic E-state index is 0.259. The highest BCUT2D eigenvalue weighted by molar-refractivity contribution is 5.80. The van der Waals surface area contributed by atoms with Crippen LogP contribution in [0.15, 0.2) is 18.2 Å². The molecule has 0 bridgehead atoms. The van der Waals surface area contributed by atoms with Gasteiger partial charge < -0.3 is 19.7 Å². The number of nitrogens with zero attached hydrogens (tertiary/aromatic N) is 1. The zero-order valence-electron chi connectivity index (χ0n) is 13.6. The third-order valence-corrected chi connectivity index (χ3v) is 5.35. The molecular formula is C18H24N2O3. The first-order chi connectivity index (χ1) is 11.2. The number of carbonyl (C=O) groups is 1. The molecule has 3 atom stereocenters. The molecule has 5 nitrogen and oxygen atoms in total. The van der Waals surface area contributed by atoms with E-state index in [-0.39, 0.29) is 12.1 Å². The average molecular weight is 316 g/mol. The van der Waals surface area contributed by atoms with Crippen LogP contribution in [0.2, 0.25) is 0 Å². The summed E-state index contributed by atoms with van der Waals surface area (Å²) in [6.07, 6.45) is 5.06. The Morgan fingerprint density at radius 3 is 3.09 bits per heavy atom. The monoisotopic (exact) mass is 316 g/mol. The van der Waals surface area contributed by atoms with Crippen molar-refractivity contribution in [2.24, 2.45) is 0 Å². The highest BCUT2D eigenvalue weighted by Crippen LogP contribution is 2.31. The van der Waals surface area contributed by atoms with Crippen molar-refractivity contribution in [2.75, 3.05) is 20.3 Å². The summed E-state index contributed by atoms with van der Waals surface area (Å²) in [4.78, 5) is 14.3. The Morgan fingerprint density at radius 1 is 1.30 bits per heavy atom. The fraction of sp³-hybridized carbons (Fsp3) is 0.611. The van der Waals surface area contributed by atoms with E-state index in [2.05, 4.69) is 16.3 Å². The molecule has 1 N–H and O–H groups in total. The summed E-state index contributed by atoms with van der Waals surface area (Å²) < 4.78 is 11.2. The van der Waals surface area contributed by atoms with Crippen LogP contribution in [0.3, 0.4) is 0 Å². The lowest BCUT2D eigenvalue weighted by molar-refractivity contribution is -0.129. The number of rotatable bonds is 3. The third kappa shape index (κ3) is 2.78. The molecule has 2 saturated heterocycles. The molecule has 0 aromatic heterocycles. The molecule has 0 spiro atoms. The summed E-state index contributed by atoms with van der Waals surface area (Å²) in [5, 5.41) is 3.70. The quantitative estimate of drug-likeness (QED) is 0.923. The maximum atomic E-state index is 12.2. The first kappa shape index (κ1) is 14.8. The number of hydrogen-bond donors (Lipinski definition) is 1. The molecule has 3 aliphatic heterocycles.